The third-order valence-corrected chi connectivity index (χ3v) is 6.13. The van der Waals surface area contributed by atoms with Gasteiger partial charge in [-0.3, -0.25) is 9.59 Å². The average molecular weight is 443 g/mol. The van der Waals surface area contributed by atoms with Crippen molar-refractivity contribution in [3.05, 3.63) is 70.4 Å². The molecule has 9 heteroatoms. The van der Waals surface area contributed by atoms with Crippen LogP contribution in [0, 0.1) is 6.92 Å². The van der Waals surface area contributed by atoms with Crippen LogP contribution in [0.2, 0.25) is 5.02 Å². The zero-order chi connectivity index (χ0) is 21.3. The fourth-order valence-electron chi connectivity index (χ4n) is 3.33. The molecule has 4 rings (SSSR count). The number of carbonyl (C=O) groups excluding carboxylic acids is 2. The summed E-state index contributed by atoms with van der Waals surface area (Å²) in [5, 5.41) is 8.16. The van der Waals surface area contributed by atoms with Gasteiger partial charge in [0.2, 0.25) is 5.91 Å². The molecule has 1 unspecified atom stereocenters. The Kier molecular flexibility index (Phi) is 5.69. The number of nitrogens with one attached hydrogen (secondary N) is 1. The van der Waals surface area contributed by atoms with Gasteiger partial charge in [0.1, 0.15) is 11.6 Å². The van der Waals surface area contributed by atoms with E-state index >= 15 is 0 Å². The largest absolute Gasteiger partial charge is 0.484 e. The van der Waals surface area contributed by atoms with E-state index in [0.717, 1.165) is 22.5 Å². The predicted molar refractivity (Wildman–Crippen MR) is 117 cm³/mol. The Morgan fingerprint density at radius 2 is 2.10 bits per heavy atom. The van der Waals surface area contributed by atoms with Crippen molar-refractivity contribution in [3.63, 3.8) is 0 Å². The first-order valence-corrected chi connectivity index (χ1v) is 10.6. The van der Waals surface area contributed by atoms with Gasteiger partial charge in [0.25, 0.3) is 5.91 Å². The van der Waals surface area contributed by atoms with Crippen LogP contribution in [0.5, 0.6) is 5.75 Å². The SMILES string of the molecule is Cc1nn(-c2cccc(Cl)c2)c2c1C(c1ccc(OCC(N)=O)cc1)SCC(=O)N2. The van der Waals surface area contributed by atoms with Crippen LogP contribution in [0.15, 0.2) is 48.5 Å². The number of hydrogen-bond donors (Lipinski definition) is 2. The van der Waals surface area contributed by atoms with Crippen LogP contribution < -0.4 is 15.8 Å². The van der Waals surface area contributed by atoms with Gasteiger partial charge in [-0.15, -0.1) is 11.8 Å². The lowest BCUT2D eigenvalue weighted by Crippen LogP contribution is -2.19. The summed E-state index contributed by atoms with van der Waals surface area (Å²) in [6.45, 7) is 1.75. The molecule has 7 nitrogen and oxygen atoms in total. The fraction of sp³-hybridized carbons (Fsp3) is 0.190. The molecule has 0 fully saturated rings. The number of thioether (sulfide) groups is 1. The molecule has 3 aromatic rings. The Morgan fingerprint density at radius 1 is 1.33 bits per heavy atom. The lowest BCUT2D eigenvalue weighted by Gasteiger charge is -2.16. The first kappa shape index (κ1) is 20.3. The van der Waals surface area contributed by atoms with Crippen LogP contribution in [0.3, 0.4) is 0 Å². The monoisotopic (exact) mass is 442 g/mol. The smallest absolute Gasteiger partial charge is 0.255 e. The highest BCUT2D eigenvalue weighted by atomic mass is 35.5. The number of rotatable bonds is 5. The summed E-state index contributed by atoms with van der Waals surface area (Å²) in [5.41, 5.74) is 8.65. The topological polar surface area (TPSA) is 99.2 Å². The Bertz CT molecular complexity index is 1110. The molecule has 2 amide bonds. The van der Waals surface area contributed by atoms with E-state index in [0.29, 0.717) is 22.3 Å². The van der Waals surface area contributed by atoms with Crippen molar-refractivity contribution in [1.29, 1.82) is 0 Å². The number of aromatic nitrogens is 2. The number of nitrogens with two attached hydrogens (primary N) is 1. The number of nitrogens with zero attached hydrogens (tertiary/aromatic N) is 2. The summed E-state index contributed by atoms with van der Waals surface area (Å²) >= 11 is 7.69. The number of fused-ring (bicyclic) bond motifs is 1. The Morgan fingerprint density at radius 3 is 2.80 bits per heavy atom. The Hall–Kier alpha value is -2.97. The molecule has 0 saturated carbocycles. The highest BCUT2D eigenvalue weighted by Gasteiger charge is 2.30. The maximum absolute atomic E-state index is 12.4. The summed E-state index contributed by atoms with van der Waals surface area (Å²) < 4.78 is 7.06. The number of anilines is 1. The van der Waals surface area contributed by atoms with Gasteiger partial charge >= 0.3 is 0 Å². The van der Waals surface area contributed by atoms with Gasteiger partial charge in [-0.1, -0.05) is 29.8 Å². The second kappa shape index (κ2) is 8.41. The molecular weight excluding hydrogens is 424 g/mol. The molecule has 2 aromatic carbocycles. The van der Waals surface area contributed by atoms with Crippen LogP contribution in [-0.4, -0.2) is 34.0 Å². The van der Waals surface area contributed by atoms with Gasteiger partial charge in [-0.25, -0.2) is 4.68 Å². The highest BCUT2D eigenvalue weighted by molar-refractivity contribution is 8.00. The Labute approximate surface area is 182 Å². The van der Waals surface area contributed by atoms with Gasteiger partial charge < -0.3 is 15.8 Å². The first-order valence-electron chi connectivity index (χ1n) is 9.20. The third kappa shape index (κ3) is 4.15. The second-order valence-corrected chi connectivity index (χ2v) is 8.33. The van der Waals surface area contributed by atoms with E-state index in [1.165, 1.54) is 11.8 Å². The van der Waals surface area contributed by atoms with E-state index in [1.54, 1.807) is 28.9 Å². The average Bonchev–Trinajstić information content (AvgIpc) is 2.92. The van der Waals surface area contributed by atoms with Crippen molar-refractivity contribution in [2.45, 2.75) is 12.2 Å². The number of halogens is 1. The van der Waals surface area contributed by atoms with Crippen LogP contribution in [0.25, 0.3) is 5.69 Å². The van der Waals surface area contributed by atoms with E-state index in [-0.39, 0.29) is 17.8 Å². The highest BCUT2D eigenvalue weighted by Crippen LogP contribution is 2.44. The molecule has 1 aliphatic heterocycles. The molecule has 2 heterocycles. The molecule has 0 bridgehead atoms. The van der Waals surface area contributed by atoms with E-state index in [9.17, 15) is 9.59 Å². The third-order valence-electron chi connectivity index (χ3n) is 4.62. The summed E-state index contributed by atoms with van der Waals surface area (Å²) in [5.74, 6) is 0.889. The minimum atomic E-state index is -0.531. The van der Waals surface area contributed by atoms with E-state index in [1.807, 2.05) is 31.2 Å². The minimum Gasteiger partial charge on any atom is -0.484 e. The van der Waals surface area contributed by atoms with Gasteiger partial charge in [0.15, 0.2) is 6.61 Å². The molecule has 0 spiro atoms. The van der Waals surface area contributed by atoms with Gasteiger partial charge in [0, 0.05) is 10.6 Å². The zero-order valence-electron chi connectivity index (χ0n) is 16.1. The van der Waals surface area contributed by atoms with Crippen LogP contribution in [-0.2, 0) is 9.59 Å². The molecule has 1 aliphatic rings. The molecule has 1 aromatic heterocycles. The number of benzene rings is 2. The minimum absolute atomic E-state index is 0.0895. The molecule has 30 heavy (non-hydrogen) atoms. The van der Waals surface area contributed by atoms with Crippen molar-refractivity contribution >= 4 is 41.0 Å². The molecule has 0 saturated heterocycles. The summed E-state index contributed by atoms with van der Waals surface area (Å²) in [6.07, 6.45) is 0. The fourth-order valence-corrected chi connectivity index (χ4v) is 4.71. The molecule has 3 N–H and O–H groups in total. The van der Waals surface area contributed by atoms with Crippen molar-refractivity contribution in [2.75, 3.05) is 17.7 Å². The summed E-state index contributed by atoms with van der Waals surface area (Å²) in [7, 11) is 0. The van der Waals surface area contributed by atoms with E-state index < -0.39 is 5.91 Å². The summed E-state index contributed by atoms with van der Waals surface area (Å²) in [6, 6.07) is 14.7. The van der Waals surface area contributed by atoms with Crippen molar-refractivity contribution in [2.24, 2.45) is 5.73 Å². The van der Waals surface area contributed by atoms with Crippen molar-refractivity contribution in [3.8, 4) is 11.4 Å². The number of aryl methyl sites for hydroxylation is 1. The second-order valence-electron chi connectivity index (χ2n) is 6.80. The maximum atomic E-state index is 12.4. The standard InChI is InChI=1S/C21H19ClN4O3S/c1-12-19-20(13-5-7-16(8-6-13)29-10-17(23)27)30-11-18(28)24-21(19)26(25-12)15-4-2-3-14(22)9-15/h2-9,20H,10-11H2,1H3,(H2,23,27)(H,24,28). The maximum Gasteiger partial charge on any atom is 0.255 e. The number of ether oxygens (including phenoxy) is 1. The van der Waals surface area contributed by atoms with Crippen LogP contribution in [0.4, 0.5) is 5.82 Å². The zero-order valence-corrected chi connectivity index (χ0v) is 17.7. The lowest BCUT2D eigenvalue weighted by atomic mass is 10.0. The van der Waals surface area contributed by atoms with E-state index in [4.69, 9.17) is 22.1 Å². The van der Waals surface area contributed by atoms with E-state index in [2.05, 4.69) is 10.4 Å². The Balaban J connectivity index is 1.74. The first-order chi connectivity index (χ1) is 14.4. The molecule has 0 aliphatic carbocycles. The van der Waals surface area contributed by atoms with Gasteiger partial charge in [0.05, 0.1) is 22.4 Å². The lowest BCUT2D eigenvalue weighted by molar-refractivity contribution is -0.120. The molecule has 154 valence electrons. The van der Waals surface area contributed by atoms with Crippen LogP contribution in [0.1, 0.15) is 22.1 Å². The number of carbonyl (C=O) groups is 2. The molecule has 1 atom stereocenters. The van der Waals surface area contributed by atoms with Crippen molar-refractivity contribution < 1.29 is 14.3 Å². The summed E-state index contributed by atoms with van der Waals surface area (Å²) in [4.78, 5) is 23.3. The van der Waals surface area contributed by atoms with Gasteiger partial charge in [-0.2, -0.15) is 5.10 Å². The normalized spacial score (nSPS) is 15.8. The van der Waals surface area contributed by atoms with Crippen LogP contribution >= 0.6 is 23.4 Å². The molecule has 0 radical (unpaired) electrons. The molecular formula is C21H19ClN4O3S. The van der Waals surface area contributed by atoms with Crippen molar-refractivity contribution in [1.82, 2.24) is 9.78 Å². The quantitative estimate of drug-likeness (QED) is 0.630. The number of hydrogen-bond acceptors (Lipinski definition) is 5. The predicted octanol–water partition coefficient (Wildman–Crippen LogP) is 3.47. The van der Waals surface area contributed by atoms with Gasteiger partial charge in [-0.05, 0) is 42.8 Å². The number of primary amides is 1. The number of amides is 2.